The molecule has 0 aliphatic carbocycles. The number of hydrogen-bond donors (Lipinski definition) is 0. The molecule has 0 aromatic carbocycles. The first kappa shape index (κ1) is 29.9. The first-order valence-electron chi connectivity index (χ1n) is 13.4. The Labute approximate surface area is 194 Å². The Bertz CT molecular complexity index is 453. The Kier molecular flexibility index (Phi) is 18.9. The van der Waals surface area contributed by atoms with Gasteiger partial charge in [-0.1, -0.05) is 104 Å². The van der Waals surface area contributed by atoms with E-state index in [2.05, 4.69) is 27.7 Å². The van der Waals surface area contributed by atoms with Gasteiger partial charge in [0.05, 0.1) is 0 Å². The van der Waals surface area contributed by atoms with Crippen LogP contribution in [0, 0.1) is 5.92 Å². The average molecular weight is 439 g/mol. The van der Waals surface area contributed by atoms with Gasteiger partial charge in [-0.05, 0) is 26.2 Å². The lowest BCUT2D eigenvalue weighted by atomic mass is 9.96. The standard InChI is InChI=1S/C27H54N2O2/c1-7-10-12-13-14-15-16-17-18-19-20-21-22-25(26(30)28(5)23-11-8-2)27(31)29(6)24(4)9-3/h24-25H,7-23H2,1-6H3. The molecule has 0 fully saturated rings. The van der Waals surface area contributed by atoms with Crippen molar-refractivity contribution in [2.75, 3.05) is 20.6 Å². The van der Waals surface area contributed by atoms with E-state index in [-0.39, 0.29) is 17.9 Å². The lowest BCUT2D eigenvalue weighted by Crippen LogP contribution is -2.45. The highest BCUT2D eigenvalue weighted by molar-refractivity contribution is 6.00. The zero-order valence-electron chi connectivity index (χ0n) is 21.9. The van der Waals surface area contributed by atoms with Gasteiger partial charge in [0.15, 0.2) is 0 Å². The molecule has 184 valence electrons. The monoisotopic (exact) mass is 438 g/mol. The average Bonchev–Trinajstić information content (AvgIpc) is 2.78. The minimum atomic E-state index is -0.510. The number of rotatable bonds is 20. The van der Waals surface area contributed by atoms with Crippen LogP contribution in [-0.2, 0) is 9.59 Å². The minimum Gasteiger partial charge on any atom is -0.345 e. The van der Waals surface area contributed by atoms with Crippen LogP contribution in [0.1, 0.15) is 130 Å². The van der Waals surface area contributed by atoms with E-state index in [4.69, 9.17) is 0 Å². The van der Waals surface area contributed by atoms with Crippen molar-refractivity contribution in [3.05, 3.63) is 0 Å². The van der Waals surface area contributed by atoms with Crippen LogP contribution in [0.5, 0.6) is 0 Å². The van der Waals surface area contributed by atoms with Crippen LogP contribution >= 0.6 is 0 Å². The maximum atomic E-state index is 13.1. The van der Waals surface area contributed by atoms with E-state index in [0.29, 0.717) is 6.42 Å². The predicted molar refractivity (Wildman–Crippen MR) is 134 cm³/mol. The molecule has 0 aromatic heterocycles. The molecule has 4 heteroatoms. The highest BCUT2D eigenvalue weighted by atomic mass is 16.2. The van der Waals surface area contributed by atoms with Crippen molar-refractivity contribution in [3.8, 4) is 0 Å². The van der Waals surface area contributed by atoms with Gasteiger partial charge < -0.3 is 9.80 Å². The molecule has 0 bridgehead atoms. The highest BCUT2D eigenvalue weighted by Crippen LogP contribution is 2.19. The number of hydrogen-bond acceptors (Lipinski definition) is 2. The van der Waals surface area contributed by atoms with Crippen LogP contribution in [0.3, 0.4) is 0 Å². The fourth-order valence-electron chi connectivity index (χ4n) is 4.05. The summed E-state index contributed by atoms with van der Waals surface area (Å²) in [6.07, 6.45) is 19.2. The van der Waals surface area contributed by atoms with E-state index < -0.39 is 5.92 Å². The molecule has 0 radical (unpaired) electrons. The summed E-state index contributed by atoms with van der Waals surface area (Å²) in [6, 6.07) is 0.172. The van der Waals surface area contributed by atoms with Crippen LogP contribution < -0.4 is 0 Å². The molecular weight excluding hydrogens is 384 g/mol. The normalized spacial score (nSPS) is 13.1. The van der Waals surface area contributed by atoms with Crippen molar-refractivity contribution < 1.29 is 9.59 Å². The number of nitrogens with zero attached hydrogens (tertiary/aromatic N) is 2. The fourth-order valence-corrected chi connectivity index (χ4v) is 4.05. The molecule has 2 atom stereocenters. The van der Waals surface area contributed by atoms with Crippen molar-refractivity contribution in [1.29, 1.82) is 0 Å². The van der Waals surface area contributed by atoms with Crippen LogP contribution in [0.2, 0.25) is 0 Å². The van der Waals surface area contributed by atoms with Gasteiger partial charge >= 0.3 is 0 Å². The van der Waals surface area contributed by atoms with E-state index in [1.165, 1.54) is 64.2 Å². The molecule has 2 unspecified atom stereocenters. The Balaban J connectivity index is 4.34. The second-order valence-electron chi connectivity index (χ2n) is 9.55. The van der Waals surface area contributed by atoms with Gasteiger partial charge in [0, 0.05) is 26.7 Å². The molecule has 0 spiro atoms. The summed E-state index contributed by atoms with van der Waals surface area (Å²) in [4.78, 5) is 29.7. The summed E-state index contributed by atoms with van der Waals surface area (Å²) in [7, 11) is 3.70. The summed E-state index contributed by atoms with van der Waals surface area (Å²) in [5, 5.41) is 0. The van der Waals surface area contributed by atoms with E-state index in [1.807, 2.05) is 14.1 Å². The Morgan fingerprint density at radius 3 is 1.55 bits per heavy atom. The largest absolute Gasteiger partial charge is 0.345 e. The number of amides is 2. The summed E-state index contributed by atoms with van der Waals surface area (Å²) in [5.41, 5.74) is 0. The zero-order chi connectivity index (χ0) is 23.5. The second-order valence-corrected chi connectivity index (χ2v) is 9.55. The predicted octanol–water partition coefficient (Wildman–Crippen LogP) is 7.21. The van der Waals surface area contributed by atoms with E-state index in [0.717, 1.165) is 38.6 Å². The van der Waals surface area contributed by atoms with Gasteiger partial charge in [-0.15, -0.1) is 0 Å². The molecule has 2 amide bonds. The molecule has 0 aromatic rings. The molecule has 0 N–H and O–H groups in total. The third kappa shape index (κ3) is 13.9. The SMILES string of the molecule is CCCCCCCCCCCCCCC(C(=O)N(C)CCCC)C(=O)N(C)C(C)CC. The molecule has 0 heterocycles. The van der Waals surface area contributed by atoms with Crippen molar-refractivity contribution >= 4 is 11.8 Å². The number of carbonyl (C=O) groups excluding carboxylic acids is 2. The first-order chi connectivity index (χ1) is 14.9. The Hall–Kier alpha value is -1.06. The molecular formula is C27H54N2O2. The van der Waals surface area contributed by atoms with Gasteiger partial charge in [-0.3, -0.25) is 9.59 Å². The lowest BCUT2D eigenvalue weighted by Gasteiger charge is -2.30. The van der Waals surface area contributed by atoms with Crippen LogP contribution in [0.15, 0.2) is 0 Å². The van der Waals surface area contributed by atoms with Crippen molar-refractivity contribution in [3.63, 3.8) is 0 Å². The van der Waals surface area contributed by atoms with Crippen molar-refractivity contribution in [1.82, 2.24) is 9.80 Å². The van der Waals surface area contributed by atoms with Crippen molar-refractivity contribution in [2.45, 2.75) is 136 Å². The fraction of sp³-hybridized carbons (Fsp3) is 0.926. The number of carbonyl (C=O) groups is 2. The maximum Gasteiger partial charge on any atom is 0.235 e. The lowest BCUT2D eigenvalue weighted by molar-refractivity contribution is -0.147. The smallest absolute Gasteiger partial charge is 0.235 e. The summed E-state index contributed by atoms with van der Waals surface area (Å²) < 4.78 is 0. The molecule has 31 heavy (non-hydrogen) atoms. The van der Waals surface area contributed by atoms with Crippen molar-refractivity contribution in [2.24, 2.45) is 5.92 Å². The molecule has 0 aliphatic heterocycles. The zero-order valence-corrected chi connectivity index (χ0v) is 21.9. The molecule has 0 rings (SSSR count). The number of unbranched alkanes of at least 4 members (excludes halogenated alkanes) is 12. The van der Waals surface area contributed by atoms with E-state index >= 15 is 0 Å². The Morgan fingerprint density at radius 2 is 1.10 bits per heavy atom. The summed E-state index contributed by atoms with van der Waals surface area (Å²) >= 11 is 0. The van der Waals surface area contributed by atoms with E-state index in [1.54, 1.807) is 9.80 Å². The molecule has 4 nitrogen and oxygen atoms in total. The molecule has 0 saturated carbocycles. The van der Waals surface area contributed by atoms with Gasteiger partial charge in [-0.25, -0.2) is 0 Å². The third-order valence-electron chi connectivity index (χ3n) is 6.77. The maximum absolute atomic E-state index is 13.1. The van der Waals surface area contributed by atoms with Crippen LogP contribution in [-0.4, -0.2) is 48.3 Å². The van der Waals surface area contributed by atoms with Crippen LogP contribution in [0.25, 0.3) is 0 Å². The quantitative estimate of drug-likeness (QED) is 0.149. The Morgan fingerprint density at radius 1 is 0.645 bits per heavy atom. The van der Waals surface area contributed by atoms with E-state index in [9.17, 15) is 9.59 Å². The minimum absolute atomic E-state index is 0.00534. The van der Waals surface area contributed by atoms with Gasteiger partial charge in [0.25, 0.3) is 0 Å². The highest BCUT2D eigenvalue weighted by Gasteiger charge is 2.32. The summed E-state index contributed by atoms with van der Waals surface area (Å²) in [6.45, 7) is 9.28. The topological polar surface area (TPSA) is 40.6 Å². The van der Waals surface area contributed by atoms with Gasteiger partial charge in [-0.2, -0.15) is 0 Å². The molecule has 0 saturated heterocycles. The summed E-state index contributed by atoms with van der Waals surface area (Å²) in [5.74, 6) is -0.494. The first-order valence-corrected chi connectivity index (χ1v) is 13.4. The van der Waals surface area contributed by atoms with Crippen LogP contribution in [0.4, 0.5) is 0 Å². The van der Waals surface area contributed by atoms with Gasteiger partial charge in [0.1, 0.15) is 5.92 Å². The molecule has 0 aliphatic rings. The second kappa shape index (κ2) is 19.6. The third-order valence-corrected chi connectivity index (χ3v) is 6.77. The van der Waals surface area contributed by atoms with Gasteiger partial charge in [0.2, 0.25) is 11.8 Å².